The lowest BCUT2D eigenvalue weighted by molar-refractivity contribution is -0.142. The van der Waals surface area contributed by atoms with Crippen LogP contribution in [-0.2, 0) is 16.6 Å². The molecule has 0 saturated heterocycles. The SMILES string of the molecule is CCN(CC)CCN1C(=O)C(O)(c2c(Cl)cccc2Cl)c2c1cc(C(N)=O)cc2C(F)(F)F. The van der Waals surface area contributed by atoms with Gasteiger partial charge < -0.3 is 20.6 Å². The molecule has 1 aliphatic rings. The predicted molar refractivity (Wildman–Crippen MR) is 120 cm³/mol. The zero-order valence-electron chi connectivity index (χ0n) is 17.8. The largest absolute Gasteiger partial charge is 0.416 e. The van der Waals surface area contributed by atoms with Crippen molar-refractivity contribution in [2.24, 2.45) is 5.73 Å². The lowest BCUT2D eigenvalue weighted by Gasteiger charge is -2.27. The van der Waals surface area contributed by atoms with Gasteiger partial charge in [0.15, 0.2) is 5.60 Å². The van der Waals surface area contributed by atoms with Gasteiger partial charge in [-0.2, -0.15) is 13.2 Å². The molecule has 1 heterocycles. The molecule has 2 aromatic rings. The third-order valence-corrected chi connectivity index (χ3v) is 6.40. The smallest absolute Gasteiger partial charge is 0.372 e. The van der Waals surface area contributed by atoms with Gasteiger partial charge in [-0.3, -0.25) is 9.59 Å². The predicted octanol–water partition coefficient (Wildman–Crippen LogP) is 4.04. The number of anilines is 1. The van der Waals surface area contributed by atoms with Crippen molar-refractivity contribution in [1.82, 2.24) is 4.90 Å². The fraction of sp³-hybridized carbons (Fsp3) is 0.364. The molecule has 33 heavy (non-hydrogen) atoms. The second-order valence-electron chi connectivity index (χ2n) is 7.57. The van der Waals surface area contributed by atoms with Gasteiger partial charge in [-0.25, -0.2) is 0 Å². The second kappa shape index (κ2) is 9.13. The van der Waals surface area contributed by atoms with Crippen LogP contribution in [0.3, 0.4) is 0 Å². The number of nitrogens with two attached hydrogens (primary N) is 1. The molecule has 11 heteroatoms. The maximum atomic E-state index is 14.2. The van der Waals surface area contributed by atoms with Gasteiger partial charge in [0.1, 0.15) is 0 Å². The third kappa shape index (κ3) is 4.30. The third-order valence-electron chi connectivity index (χ3n) is 5.77. The number of primary amides is 1. The molecule has 1 aliphatic heterocycles. The van der Waals surface area contributed by atoms with E-state index >= 15 is 0 Å². The normalized spacial score (nSPS) is 18.2. The van der Waals surface area contributed by atoms with E-state index in [0.29, 0.717) is 25.7 Å². The number of amides is 2. The minimum absolute atomic E-state index is 0.0442. The average molecular weight is 504 g/mol. The molecule has 178 valence electrons. The number of benzene rings is 2. The van der Waals surface area contributed by atoms with E-state index in [-0.39, 0.29) is 27.8 Å². The molecule has 0 spiro atoms. The van der Waals surface area contributed by atoms with Gasteiger partial charge in [-0.1, -0.05) is 43.1 Å². The van der Waals surface area contributed by atoms with Crippen LogP contribution >= 0.6 is 23.2 Å². The summed E-state index contributed by atoms with van der Waals surface area (Å²) < 4.78 is 42.5. The zero-order chi connectivity index (χ0) is 24.7. The number of carbonyl (C=O) groups is 2. The Kier molecular flexibility index (Phi) is 7.00. The molecule has 0 fully saturated rings. The summed E-state index contributed by atoms with van der Waals surface area (Å²) in [5, 5.41) is 11.3. The fourth-order valence-corrected chi connectivity index (χ4v) is 4.75. The van der Waals surface area contributed by atoms with Gasteiger partial charge in [0.05, 0.1) is 11.3 Å². The molecular weight excluding hydrogens is 482 g/mol. The summed E-state index contributed by atoms with van der Waals surface area (Å²) in [5.74, 6) is -2.16. The highest BCUT2D eigenvalue weighted by Gasteiger charge is 2.57. The Balaban J connectivity index is 2.36. The van der Waals surface area contributed by atoms with Crippen molar-refractivity contribution in [2.75, 3.05) is 31.1 Å². The van der Waals surface area contributed by atoms with E-state index in [1.165, 1.54) is 18.2 Å². The number of carbonyl (C=O) groups excluding carboxylic acids is 2. The molecule has 1 atom stereocenters. The number of hydrogen-bond acceptors (Lipinski definition) is 4. The van der Waals surface area contributed by atoms with Crippen molar-refractivity contribution < 1.29 is 27.9 Å². The van der Waals surface area contributed by atoms with Crippen LogP contribution in [0.25, 0.3) is 0 Å². The van der Waals surface area contributed by atoms with Crippen LogP contribution < -0.4 is 10.6 Å². The van der Waals surface area contributed by atoms with Gasteiger partial charge in [-0.15, -0.1) is 0 Å². The van der Waals surface area contributed by atoms with E-state index in [9.17, 15) is 27.9 Å². The van der Waals surface area contributed by atoms with Crippen molar-refractivity contribution in [1.29, 1.82) is 0 Å². The number of alkyl halides is 3. The van der Waals surface area contributed by atoms with Gasteiger partial charge in [0.2, 0.25) is 5.91 Å². The molecule has 3 rings (SSSR count). The van der Waals surface area contributed by atoms with Crippen molar-refractivity contribution in [3.63, 3.8) is 0 Å². The maximum Gasteiger partial charge on any atom is 0.416 e. The Bertz CT molecular complexity index is 1090. The van der Waals surface area contributed by atoms with E-state index in [1.807, 2.05) is 18.7 Å². The van der Waals surface area contributed by atoms with Crippen LogP contribution in [0.15, 0.2) is 30.3 Å². The molecule has 0 aliphatic carbocycles. The molecule has 0 radical (unpaired) electrons. The van der Waals surface area contributed by atoms with Crippen molar-refractivity contribution in [3.05, 3.63) is 62.6 Å². The van der Waals surface area contributed by atoms with E-state index in [1.54, 1.807) is 0 Å². The lowest BCUT2D eigenvalue weighted by atomic mass is 9.83. The Morgan fingerprint density at radius 2 is 1.73 bits per heavy atom. The molecule has 0 aromatic heterocycles. The summed E-state index contributed by atoms with van der Waals surface area (Å²) in [5.41, 5.74) is -0.737. The number of nitrogens with zero attached hydrogens (tertiary/aromatic N) is 2. The van der Waals surface area contributed by atoms with Crippen LogP contribution in [0.2, 0.25) is 10.0 Å². The van der Waals surface area contributed by atoms with Gasteiger partial charge >= 0.3 is 6.18 Å². The minimum Gasteiger partial charge on any atom is -0.372 e. The lowest BCUT2D eigenvalue weighted by Crippen LogP contribution is -2.44. The quantitative estimate of drug-likeness (QED) is 0.596. The second-order valence-corrected chi connectivity index (χ2v) is 8.39. The van der Waals surface area contributed by atoms with Crippen LogP contribution in [0.5, 0.6) is 0 Å². The summed E-state index contributed by atoms with van der Waals surface area (Å²) >= 11 is 12.4. The molecule has 3 N–H and O–H groups in total. The summed E-state index contributed by atoms with van der Waals surface area (Å²) in [4.78, 5) is 28.4. The summed E-state index contributed by atoms with van der Waals surface area (Å²) in [6.45, 7) is 5.35. The number of halogens is 5. The van der Waals surface area contributed by atoms with Crippen LogP contribution in [-0.4, -0.2) is 48.0 Å². The van der Waals surface area contributed by atoms with Crippen LogP contribution in [0, 0.1) is 0 Å². The van der Waals surface area contributed by atoms with Gasteiger partial charge in [0.25, 0.3) is 5.91 Å². The Labute approximate surface area is 198 Å². The average Bonchev–Trinajstić information content (AvgIpc) is 2.95. The first kappa shape index (κ1) is 25.3. The standard InChI is InChI=1S/C22H22Cl2F3N3O3/c1-3-29(4-2)8-9-30-16-11-12(19(28)31)10-13(22(25,26)27)17(16)21(33,20(30)32)18-14(23)6-5-7-15(18)24/h5-7,10-11,33H,3-4,8-9H2,1-2H3,(H2,28,31). The number of rotatable bonds is 7. The molecule has 1 unspecified atom stereocenters. The fourth-order valence-electron chi connectivity index (χ4n) is 4.08. The topological polar surface area (TPSA) is 86.9 Å². The highest BCUT2D eigenvalue weighted by molar-refractivity contribution is 6.37. The molecule has 0 saturated carbocycles. The van der Waals surface area contributed by atoms with Crippen molar-refractivity contribution in [3.8, 4) is 0 Å². The number of likely N-dealkylation sites (N-methyl/N-ethyl adjacent to an activating group) is 1. The highest BCUT2D eigenvalue weighted by atomic mass is 35.5. The first-order chi connectivity index (χ1) is 15.4. The first-order valence-corrected chi connectivity index (χ1v) is 10.9. The number of fused-ring (bicyclic) bond motifs is 1. The van der Waals surface area contributed by atoms with Crippen molar-refractivity contribution in [2.45, 2.75) is 25.6 Å². The van der Waals surface area contributed by atoms with Gasteiger partial charge in [-0.05, 0) is 37.4 Å². The monoisotopic (exact) mass is 503 g/mol. The Morgan fingerprint density at radius 3 is 2.21 bits per heavy atom. The van der Waals surface area contributed by atoms with E-state index < -0.39 is 40.3 Å². The number of hydrogen-bond donors (Lipinski definition) is 2. The maximum absolute atomic E-state index is 14.2. The van der Waals surface area contributed by atoms with E-state index in [2.05, 4.69) is 0 Å². The van der Waals surface area contributed by atoms with Crippen LogP contribution in [0.1, 0.15) is 40.9 Å². The summed E-state index contributed by atoms with van der Waals surface area (Å²) in [7, 11) is 0. The van der Waals surface area contributed by atoms with E-state index in [0.717, 1.165) is 11.0 Å². The molecular formula is C22H22Cl2F3N3O3. The Hall–Kier alpha value is -2.33. The van der Waals surface area contributed by atoms with Crippen LogP contribution in [0.4, 0.5) is 18.9 Å². The summed E-state index contributed by atoms with van der Waals surface area (Å²) in [6, 6.07) is 5.68. The highest BCUT2D eigenvalue weighted by Crippen LogP contribution is 2.53. The molecule has 6 nitrogen and oxygen atoms in total. The minimum atomic E-state index is -5.02. The summed E-state index contributed by atoms with van der Waals surface area (Å²) in [6.07, 6.45) is -5.02. The first-order valence-electron chi connectivity index (χ1n) is 10.1. The molecule has 2 amide bonds. The molecule has 0 bridgehead atoms. The van der Waals surface area contributed by atoms with Gasteiger partial charge in [0, 0.05) is 39.8 Å². The molecule has 2 aromatic carbocycles. The van der Waals surface area contributed by atoms with Crippen molar-refractivity contribution >= 4 is 40.7 Å². The Morgan fingerprint density at radius 1 is 1.15 bits per heavy atom. The van der Waals surface area contributed by atoms with E-state index in [4.69, 9.17) is 28.9 Å². The number of aliphatic hydroxyl groups is 1. The zero-order valence-corrected chi connectivity index (χ0v) is 19.4.